The Morgan fingerprint density at radius 2 is 1.86 bits per heavy atom. The summed E-state index contributed by atoms with van der Waals surface area (Å²) in [6, 6.07) is 7.66. The van der Waals surface area contributed by atoms with Crippen molar-refractivity contribution >= 4 is 17.1 Å². The molecule has 29 heavy (non-hydrogen) atoms. The van der Waals surface area contributed by atoms with Crippen LogP contribution >= 0.6 is 0 Å². The van der Waals surface area contributed by atoms with Crippen LogP contribution in [0.4, 0.5) is 18.9 Å². The van der Waals surface area contributed by atoms with Crippen molar-refractivity contribution in [1.82, 2.24) is 24.4 Å². The summed E-state index contributed by atoms with van der Waals surface area (Å²) in [5, 5.41) is 11.0. The number of amides is 1. The summed E-state index contributed by atoms with van der Waals surface area (Å²) in [6.07, 6.45) is -0.551. The van der Waals surface area contributed by atoms with Crippen LogP contribution < -0.4 is 5.32 Å². The lowest BCUT2D eigenvalue weighted by atomic mass is 10.2. The first-order chi connectivity index (χ1) is 13.8. The van der Waals surface area contributed by atoms with E-state index in [2.05, 4.69) is 20.5 Å². The Labute approximate surface area is 162 Å². The van der Waals surface area contributed by atoms with Crippen LogP contribution in [0, 0.1) is 13.8 Å². The zero-order valence-electron chi connectivity index (χ0n) is 15.4. The van der Waals surface area contributed by atoms with Gasteiger partial charge < -0.3 is 5.32 Å². The minimum Gasteiger partial charge on any atom is -0.322 e. The average molecular weight is 400 g/mol. The minimum absolute atomic E-state index is 0.00186. The predicted molar refractivity (Wildman–Crippen MR) is 99.0 cm³/mol. The molecule has 4 heterocycles. The van der Waals surface area contributed by atoms with Crippen LogP contribution in [0.1, 0.15) is 27.4 Å². The second-order valence-electron chi connectivity index (χ2n) is 6.43. The molecular weight excluding hydrogens is 385 g/mol. The second kappa shape index (κ2) is 6.73. The molecule has 0 aliphatic heterocycles. The van der Waals surface area contributed by atoms with E-state index in [1.165, 1.54) is 12.3 Å². The molecule has 1 amide bonds. The summed E-state index contributed by atoms with van der Waals surface area (Å²) in [4.78, 5) is 15.9. The van der Waals surface area contributed by atoms with Gasteiger partial charge in [0.25, 0.3) is 5.91 Å². The standard InChI is InChI=1S/C19H15F3N6O/c1-11-3-4-15(16-6-8-24-27(11)16)28-12(2)14(10-25-28)18(29)26-13-5-7-23-17(9-13)19(20,21)22/h3-10H,1-2H3,(H,23,26,29). The Morgan fingerprint density at radius 3 is 2.62 bits per heavy atom. The van der Waals surface area contributed by atoms with E-state index in [1.807, 2.05) is 25.1 Å². The number of nitrogens with one attached hydrogen (secondary N) is 1. The number of rotatable bonds is 3. The van der Waals surface area contributed by atoms with Gasteiger partial charge in [-0.1, -0.05) is 0 Å². The van der Waals surface area contributed by atoms with Crippen LogP contribution in [0.25, 0.3) is 11.2 Å². The average Bonchev–Trinajstić information content (AvgIpc) is 3.30. The van der Waals surface area contributed by atoms with Crippen LogP contribution in [0.2, 0.25) is 0 Å². The number of pyridine rings is 2. The number of nitrogens with zero attached hydrogens (tertiary/aromatic N) is 5. The number of carbonyl (C=O) groups excluding carboxylic acids is 1. The lowest BCUT2D eigenvalue weighted by Crippen LogP contribution is -2.15. The third-order valence-corrected chi connectivity index (χ3v) is 4.51. The maximum absolute atomic E-state index is 12.8. The van der Waals surface area contributed by atoms with E-state index < -0.39 is 17.8 Å². The quantitative estimate of drug-likeness (QED) is 0.568. The van der Waals surface area contributed by atoms with Crippen molar-refractivity contribution in [3.05, 3.63) is 71.6 Å². The molecule has 4 aromatic rings. The van der Waals surface area contributed by atoms with E-state index >= 15 is 0 Å². The van der Waals surface area contributed by atoms with Crippen LogP contribution in [0.5, 0.6) is 0 Å². The van der Waals surface area contributed by atoms with Crippen LogP contribution in [-0.4, -0.2) is 30.3 Å². The number of carbonyl (C=O) groups is 1. The second-order valence-corrected chi connectivity index (χ2v) is 6.43. The van der Waals surface area contributed by atoms with Gasteiger partial charge in [0.05, 0.1) is 34.9 Å². The molecule has 0 aliphatic carbocycles. The van der Waals surface area contributed by atoms with Crippen molar-refractivity contribution in [2.24, 2.45) is 0 Å². The summed E-state index contributed by atoms with van der Waals surface area (Å²) in [5.41, 5.74) is 2.19. The number of hydrogen-bond donors (Lipinski definition) is 1. The normalized spacial score (nSPS) is 11.8. The van der Waals surface area contributed by atoms with Crippen LogP contribution in [0.3, 0.4) is 0 Å². The van der Waals surface area contributed by atoms with Crippen LogP contribution in [0.15, 0.2) is 48.9 Å². The van der Waals surface area contributed by atoms with Crippen molar-refractivity contribution in [2.75, 3.05) is 5.32 Å². The molecule has 0 saturated heterocycles. The maximum Gasteiger partial charge on any atom is 0.433 e. The zero-order valence-corrected chi connectivity index (χ0v) is 15.4. The van der Waals surface area contributed by atoms with Gasteiger partial charge in [-0.3, -0.25) is 9.78 Å². The van der Waals surface area contributed by atoms with E-state index in [9.17, 15) is 18.0 Å². The van der Waals surface area contributed by atoms with Crippen molar-refractivity contribution in [3.63, 3.8) is 0 Å². The molecule has 0 unspecified atom stereocenters. The molecule has 0 aromatic carbocycles. The first kappa shape index (κ1) is 18.7. The van der Waals surface area contributed by atoms with Gasteiger partial charge in [-0.15, -0.1) is 0 Å². The number of fused-ring (bicyclic) bond motifs is 1. The Kier molecular flexibility index (Phi) is 4.33. The molecule has 10 heteroatoms. The molecule has 7 nitrogen and oxygen atoms in total. The van der Waals surface area contributed by atoms with Gasteiger partial charge >= 0.3 is 6.18 Å². The number of aromatic nitrogens is 5. The molecule has 0 aliphatic rings. The number of anilines is 1. The molecule has 148 valence electrons. The summed E-state index contributed by atoms with van der Waals surface area (Å²) < 4.78 is 41.8. The van der Waals surface area contributed by atoms with Gasteiger partial charge in [0.15, 0.2) is 0 Å². The highest BCUT2D eigenvalue weighted by Gasteiger charge is 2.32. The summed E-state index contributed by atoms with van der Waals surface area (Å²) in [5.74, 6) is -0.565. The highest BCUT2D eigenvalue weighted by Crippen LogP contribution is 2.29. The van der Waals surface area contributed by atoms with Gasteiger partial charge in [-0.05, 0) is 44.2 Å². The van der Waals surface area contributed by atoms with E-state index in [-0.39, 0.29) is 11.3 Å². The Morgan fingerprint density at radius 1 is 1.07 bits per heavy atom. The smallest absolute Gasteiger partial charge is 0.322 e. The minimum atomic E-state index is -4.59. The number of aryl methyl sites for hydroxylation is 1. The number of hydrogen-bond acceptors (Lipinski definition) is 4. The van der Waals surface area contributed by atoms with Gasteiger partial charge in [-0.25, -0.2) is 9.20 Å². The van der Waals surface area contributed by atoms with Crippen molar-refractivity contribution in [3.8, 4) is 5.69 Å². The Bertz CT molecular complexity index is 1220. The number of halogens is 3. The van der Waals surface area contributed by atoms with Gasteiger partial charge in [0.2, 0.25) is 0 Å². The lowest BCUT2D eigenvalue weighted by molar-refractivity contribution is -0.141. The predicted octanol–water partition coefficient (Wildman–Crippen LogP) is 3.80. The number of alkyl halides is 3. The lowest BCUT2D eigenvalue weighted by Gasteiger charge is -2.10. The molecule has 1 N–H and O–H groups in total. The highest BCUT2D eigenvalue weighted by molar-refractivity contribution is 6.05. The fourth-order valence-corrected chi connectivity index (χ4v) is 3.05. The Balaban J connectivity index is 1.66. The van der Waals surface area contributed by atoms with E-state index in [1.54, 1.807) is 22.3 Å². The SMILES string of the molecule is Cc1c(C(=O)Nc2ccnc(C(F)(F)F)c2)cnn1-c1ccc(C)n2nccc12. The molecule has 0 saturated carbocycles. The summed E-state index contributed by atoms with van der Waals surface area (Å²) in [7, 11) is 0. The van der Waals surface area contributed by atoms with Crippen molar-refractivity contribution in [2.45, 2.75) is 20.0 Å². The fraction of sp³-hybridized carbons (Fsp3) is 0.158. The van der Waals surface area contributed by atoms with E-state index in [0.717, 1.165) is 29.2 Å². The summed E-state index contributed by atoms with van der Waals surface area (Å²) in [6.45, 7) is 3.63. The topological polar surface area (TPSA) is 77.1 Å². The third kappa shape index (κ3) is 3.33. The fourth-order valence-electron chi connectivity index (χ4n) is 3.05. The molecule has 0 fully saturated rings. The monoisotopic (exact) mass is 400 g/mol. The van der Waals surface area contributed by atoms with Gasteiger partial charge in [0.1, 0.15) is 5.69 Å². The van der Waals surface area contributed by atoms with E-state index in [4.69, 9.17) is 0 Å². The molecule has 0 spiro atoms. The van der Waals surface area contributed by atoms with Crippen LogP contribution in [-0.2, 0) is 6.18 Å². The first-order valence-electron chi connectivity index (χ1n) is 8.58. The molecular formula is C19H15F3N6O. The molecule has 0 bridgehead atoms. The van der Waals surface area contributed by atoms with Gasteiger partial charge in [0, 0.05) is 17.6 Å². The molecule has 4 rings (SSSR count). The highest BCUT2D eigenvalue weighted by atomic mass is 19.4. The largest absolute Gasteiger partial charge is 0.433 e. The first-order valence-corrected chi connectivity index (χ1v) is 8.58. The maximum atomic E-state index is 12.8. The molecule has 0 atom stereocenters. The van der Waals surface area contributed by atoms with Gasteiger partial charge in [-0.2, -0.15) is 23.4 Å². The Hall–Kier alpha value is -3.69. The molecule has 4 aromatic heterocycles. The third-order valence-electron chi connectivity index (χ3n) is 4.51. The summed E-state index contributed by atoms with van der Waals surface area (Å²) >= 11 is 0. The molecule has 0 radical (unpaired) electrons. The van der Waals surface area contributed by atoms with Crippen molar-refractivity contribution in [1.29, 1.82) is 0 Å². The zero-order chi connectivity index (χ0) is 20.8. The van der Waals surface area contributed by atoms with Crippen molar-refractivity contribution < 1.29 is 18.0 Å². The van der Waals surface area contributed by atoms with E-state index in [0.29, 0.717) is 5.69 Å².